The van der Waals surface area contributed by atoms with Crippen molar-refractivity contribution in [1.29, 1.82) is 0 Å². The number of hydrogen-bond acceptors (Lipinski definition) is 3. The first-order valence-corrected chi connectivity index (χ1v) is 4.84. The van der Waals surface area contributed by atoms with Gasteiger partial charge in [0.25, 0.3) is 0 Å². The van der Waals surface area contributed by atoms with Gasteiger partial charge in [-0.3, -0.25) is 0 Å². The fraction of sp³-hybridized carbons (Fsp3) is 0.455. The number of hydrogen-bond donors (Lipinski definition) is 1. The number of anilines is 1. The molecule has 1 aromatic rings. The molecule has 0 aliphatic heterocycles. The van der Waals surface area contributed by atoms with Gasteiger partial charge in [-0.2, -0.15) is 0 Å². The third-order valence-electron chi connectivity index (χ3n) is 2.29. The van der Waals surface area contributed by atoms with Crippen molar-refractivity contribution in [2.45, 2.75) is 13.8 Å². The van der Waals surface area contributed by atoms with Crippen LogP contribution in [0.4, 0.5) is 5.69 Å². The molecule has 0 aromatic heterocycles. The van der Waals surface area contributed by atoms with Crippen LogP contribution in [0.1, 0.15) is 13.8 Å². The van der Waals surface area contributed by atoms with E-state index >= 15 is 0 Å². The first kappa shape index (κ1) is 10.7. The number of ether oxygens (including phenoxy) is 1. The molecular formula is C11H17NO2. The normalized spacial score (nSPS) is 9.93. The molecule has 0 bridgehead atoms. The predicted molar refractivity (Wildman–Crippen MR) is 58.2 cm³/mol. The average Bonchev–Trinajstić information content (AvgIpc) is 2.22. The number of phenols is 1. The summed E-state index contributed by atoms with van der Waals surface area (Å²) < 4.78 is 5.05. The van der Waals surface area contributed by atoms with Crippen molar-refractivity contribution in [1.82, 2.24) is 0 Å². The molecule has 0 aliphatic rings. The number of phenolic OH excluding ortho intramolecular Hbond substituents is 1. The van der Waals surface area contributed by atoms with E-state index in [4.69, 9.17) is 4.74 Å². The van der Waals surface area contributed by atoms with E-state index in [1.165, 1.54) is 0 Å². The minimum absolute atomic E-state index is 0.184. The van der Waals surface area contributed by atoms with Crippen LogP contribution >= 0.6 is 0 Å². The van der Waals surface area contributed by atoms with Gasteiger partial charge in [0.05, 0.1) is 7.11 Å². The molecule has 14 heavy (non-hydrogen) atoms. The molecule has 0 fully saturated rings. The lowest BCUT2D eigenvalue weighted by Gasteiger charge is -2.21. The van der Waals surface area contributed by atoms with Crippen LogP contribution in [-0.4, -0.2) is 25.3 Å². The highest BCUT2D eigenvalue weighted by molar-refractivity contribution is 5.55. The largest absolute Gasteiger partial charge is 0.504 e. The molecule has 0 spiro atoms. The summed E-state index contributed by atoms with van der Waals surface area (Å²) in [6.07, 6.45) is 0. The topological polar surface area (TPSA) is 32.7 Å². The van der Waals surface area contributed by atoms with Gasteiger partial charge in [0.2, 0.25) is 0 Å². The molecule has 0 radical (unpaired) electrons. The first-order chi connectivity index (χ1) is 6.72. The Morgan fingerprint density at radius 1 is 1.29 bits per heavy atom. The Kier molecular flexibility index (Phi) is 3.63. The minimum Gasteiger partial charge on any atom is -0.504 e. The fourth-order valence-electron chi connectivity index (χ4n) is 1.45. The van der Waals surface area contributed by atoms with E-state index in [0.717, 1.165) is 18.8 Å². The number of nitrogens with zero attached hydrogens (tertiary/aromatic N) is 1. The highest BCUT2D eigenvalue weighted by atomic mass is 16.5. The monoisotopic (exact) mass is 195 g/mol. The van der Waals surface area contributed by atoms with E-state index in [9.17, 15) is 5.11 Å². The highest BCUT2D eigenvalue weighted by Crippen LogP contribution is 2.30. The quantitative estimate of drug-likeness (QED) is 0.799. The van der Waals surface area contributed by atoms with Crippen LogP contribution in [0.2, 0.25) is 0 Å². The number of benzene rings is 1. The maximum absolute atomic E-state index is 9.42. The molecule has 0 unspecified atom stereocenters. The molecule has 0 atom stereocenters. The SMILES string of the molecule is CCN(CC)c1ccc(O)c(OC)c1. The molecule has 1 N–H and O–H groups in total. The molecule has 0 amide bonds. The first-order valence-electron chi connectivity index (χ1n) is 4.84. The van der Waals surface area contributed by atoms with Gasteiger partial charge in [0, 0.05) is 24.8 Å². The van der Waals surface area contributed by atoms with Crippen LogP contribution in [0, 0.1) is 0 Å². The maximum atomic E-state index is 9.42. The van der Waals surface area contributed by atoms with Crippen LogP contribution in [0.15, 0.2) is 18.2 Å². The summed E-state index contributed by atoms with van der Waals surface area (Å²) in [4.78, 5) is 2.20. The van der Waals surface area contributed by atoms with Gasteiger partial charge in [-0.05, 0) is 26.0 Å². The Balaban J connectivity index is 2.98. The standard InChI is InChI=1S/C11H17NO2/c1-4-12(5-2)9-6-7-10(13)11(8-9)14-3/h6-8,13H,4-5H2,1-3H3. The summed E-state index contributed by atoms with van der Waals surface area (Å²) in [7, 11) is 1.56. The lowest BCUT2D eigenvalue weighted by molar-refractivity contribution is 0.373. The van der Waals surface area contributed by atoms with Crippen LogP contribution < -0.4 is 9.64 Å². The zero-order valence-electron chi connectivity index (χ0n) is 8.95. The summed E-state index contributed by atoms with van der Waals surface area (Å²) in [6.45, 7) is 6.10. The van der Waals surface area contributed by atoms with Gasteiger partial charge in [-0.25, -0.2) is 0 Å². The molecule has 0 aliphatic carbocycles. The van der Waals surface area contributed by atoms with Crippen molar-refractivity contribution in [3.05, 3.63) is 18.2 Å². The average molecular weight is 195 g/mol. The third kappa shape index (κ3) is 2.10. The smallest absolute Gasteiger partial charge is 0.162 e. The Labute approximate surface area is 84.9 Å². The van der Waals surface area contributed by atoms with E-state index in [-0.39, 0.29) is 5.75 Å². The van der Waals surface area contributed by atoms with E-state index in [1.54, 1.807) is 13.2 Å². The van der Waals surface area contributed by atoms with Gasteiger partial charge >= 0.3 is 0 Å². The fourth-order valence-corrected chi connectivity index (χ4v) is 1.45. The molecular weight excluding hydrogens is 178 g/mol. The highest BCUT2D eigenvalue weighted by Gasteiger charge is 2.06. The Hall–Kier alpha value is -1.38. The lowest BCUT2D eigenvalue weighted by Crippen LogP contribution is -2.21. The molecule has 0 saturated heterocycles. The zero-order valence-corrected chi connectivity index (χ0v) is 8.95. The van der Waals surface area contributed by atoms with Gasteiger partial charge in [0.15, 0.2) is 11.5 Å². The van der Waals surface area contributed by atoms with Crippen LogP contribution in [-0.2, 0) is 0 Å². The van der Waals surface area contributed by atoms with Gasteiger partial charge < -0.3 is 14.7 Å². The Bertz CT molecular complexity index is 295. The van der Waals surface area contributed by atoms with Crippen molar-refractivity contribution >= 4 is 5.69 Å². The maximum Gasteiger partial charge on any atom is 0.162 e. The van der Waals surface area contributed by atoms with Crippen molar-refractivity contribution in [2.24, 2.45) is 0 Å². The molecule has 3 nitrogen and oxygen atoms in total. The number of rotatable bonds is 4. The van der Waals surface area contributed by atoms with Gasteiger partial charge in [-0.1, -0.05) is 0 Å². The second-order valence-corrected chi connectivity index (χ2v) is 3.03. The Morgan fingerprint density at radius 3 is 2.43 bits per heavy atom. The van der Waals surface area contributed by atoms with E-state index in [1.807, 2.05) is 12.1 Å². The third-order valence-corrected chi connectivity index (χ3v) is 2.29. The summed E-state index contributed by atoms with van der Waals surface area (Å²) in [5.41, 5.74) is 1.07. The lowest BCUT2D eigenvalue weighted by atomic mass is 10.2. The van der Waals surface area contributed by atoms with E-state index in [0.29, 0.717) is 5.75 Å². The van der Waals surface area contributed by atoms with Crippen molar-refractivity contribution in [3.63, 3.8) is 0 Å². The Morgan fingerprint density at radius 2 is 1.93 bits per heavy atom. The van der Waals surface area contributed by atoms with Gasteiger partial charge in [0.1, 0.15) is 0 Å². The van der Waals surface area contributed by atoms with Crippen molar-refractivity contribution in [3.8, 4) is 11.5 Å². The van der Waals surface area contributed by atoms with E-state index < -0.39 is 0 Å². The summed E-state index contributed by atoms with van der Waals surface area (Å²) in [5, 5.41) is 9.42. The van der Waals surface area contributed by atoms with Gasteiger partial charge in [-0.15, -0.1) is 0 Å². The summed E-state index contributed by atoms with van der Waals surface area (Å²) in [5.74, 6) is 0.706. The van der Waals surface area contributed by atoms with Crippen molar-refractivity contribution < 1.29 is 9.84 Å². The van der Waals surface area contributed by atoms with Crippen LogP contribution in [0.5, 0.6) is 11.5 Å². The molecule has 0 heterocycles. The van der Waals surface area contributed by atoms with Crippen molar-refractivity contribution in [2.75, 3.05) is 25.1 Å². The van der Waals surface area contributed by atoms with Crippen LogP contribution in [0.25, 0.3) is 0 Å². The summed E-state index contributed by atoms with van der Waals surface area (Å²) >= 11 is 0. The molecule has 1 aromatic carbocycles. The number of methoxy groups -OCH3 is 1. The summed E-state index contributed by atoms with van der Waals surface area (Å²) in [6, 6.07) is 5.40. The predicted octanol–water partition coefficient (Wildman–Crippen LogP) is 2.25. The van der Waals surface area contributed by atoms with Crippen LogP contribution in [0.3, 0.4) is 0 Å². The molecule has 78 valence electrons. The minimum atomic E-state index is 0.184. The molecule has 1 rings (SSSR count). The molecule has 3 heteroatoms. The second-order valence-electron chi connectivity index (χ2n) is 3.03. The number of aromatic hydroxyl groups is 1. The molecule has 0 saturated carbocycles. The zero-order chi connectivity index (χ0) is 10.6. The second kappa shape index (κ2) is 4.74. The van der Waals surface area contributed by atoms with E-state index in [2.05, 4.69) is 18.7 Å².